The summed E-state index contributed by atoms with van der Waals surface area (Å²) in [6.07, 6.45) is 6.08. The topological polar surface area (TPSA) is 87.1 Å². The van der Waals surface area contributed by atoms with Crippen molar-refractivity contribution in [1.29, 1.82) is 0 Å². The van der Waals surface area contributed by atoms with Crippen molar-refractivity contribution in [2.75, 3.05) is 42.9 Å². The molecule has 37 heavy (non-hydrogen) atoms. The van der Waals surface area contributed by atoms with Crippen molar-refractivity contribution in [2.45, 2.75) is 6.42 Å². The lowest BCUT2D eigenvalue weighted by Crippen LogP contribution is -2.49. The van der Waals surface area contributed by atoms with E-state index in [2.05, 4.69) is 47.4 Å². The molecule has 1 fully saturated rings. The van der Waals surface area contributed by atoms with E-state index in [1.807, 2.05) is 54.6 Å². The number of anilines is 2. The van der Waals surface area contributed by atoms with Crippen molar-refractivity contribution in [2.24, 2.45) is 0 Å². The molecule has 0 radical (unpaired) electrons. The third-order valence-electron chi connectivity index (χ3n) is 6.82. The first-order valence-corrected chi connectivity index (χ1v) is 12.5. The molecule has 1 aliphatic rings. The van der Waals surface area contributed by atoms with Gasteiger partial charge in [0.15, 0.2) is 5.82 Å². The van der Waals surface area contributed by atoms with Crippen LogP contribution in [0.4, 0.5) is 11.5 Å². The summed E-state index contributed by atoms with van der Waals surface area (Å²) in [7, 11) is 0. The van der Waals surface area contributed by atoms with Gasteiger partial charge >= 0.3 is 0 Å². The number of hydrogen-bond donors (Lipinski definition) is 1. The van der Waals surface area contributed by atoms with Crippen LogP contribution in [-0.4, -0.2) is 63.7 Å². The molecule has 0 aliphatic carbocycles. The number of carbonyl (C=O) groups excluding carboxylic acids is 1. The summed E-state index contributed by atoms with van der Waals surface area (Å²) < 4.78 is 0. The van der Waals surface area contributed by atoms with E-state index in [1.165, 1.54) is 0 Å². The summed E-state index contributed by atoms with van der Waals surface area (Å²) >= 11 is 0. The molecule has 1 amide bonds. The van der Waals surface area contributed by atoms with Crippen molar-refractivity contribution >= 4 is 39.1 Å². The van der Waals surface area contributed by atoms with E-state index in [4.69, 9.17) is 0 Å². The Hall–Kier alpha value is -4.43. The number of nitrogens with one attached hydrogen (secondary N) is 1. The summed E-state index contributed by atoms with van der Waals surface area (Å²) in [6, 6.07) is 22.0. The van der Waals surface area contributed by atoms with Crippen LogP contribution in [0.25, 0.3) is 21.7 Å². The fourth-order valence-corrected chi connectivity index (χ4v) is 4.93. The molecule has 0 unspecified atom stereocenters. The highest BCUT2D eigenvalue weighted by molar-refractivity contribution is 6.01. The molecule has 2 aromatic carbocycles. The number of benzene rings is 2. The van der Waals surface area contributed by atoms with E-state index < -0.39 is 0 Å². The van der Waals surface area contributed by atoms with Gasteiger partial charge in [-0.05, 0) is 42.0 Å². The van der Waals surface area contributed by atoms with Crippen LogP contribution in [0.5, 0.6) is 0 Å². The van der Waals surface area contributed by atoms with Gasteiger partial charge in [-0.3, -0.25) is 19.7 Å². The van der Waals surface area contributed by atoms with Crippen molar-refractivity contribution in [1.82, 2.24) is 25.1 Å². The van der Waals surface area contributed by atoms with Crippen LogP contribution in [0.15, 0.2) is 85.3 Å². The smallest absolute Gasteiger partial charge is 0.238 e. The second kappa shape index (κ2) is 10.3. The van der Waals surface area contributed by atoms with Gasteiger partial charge in [0.1, 0.15) is 0 Å². The minimum Gasteiger partial charge on any atom is -0.352 e. The number of piperazine rings is 1. The highest BCUT2D eigenvalue weighted by Crippen LogP contribution is 2.28. The van der Waals surface area contributed by atoms with E-state index in [-0.39, 0.29) is 5.91 Å². The van der Waals surface area contributed by atoms with Gasteiger partial charge in [-0.1, -0.05) is 30.3 Å². The number of carbonyl (C=O) groups is 1. The zero-order valence-electron chi connectivity index (χ0n) is 20.4. The zero-order chi connectivity index (χ0) is 25.0. The molecule has 0 saturated carbocycles. The highest BCUT2D eigenvalue weighted by Gasteiger charge is 2.22. The van der Waals surface area contributed by atoms with Gasteiger partial charge in [0.2, 0.25) is 5.91 Å². The van der Waals surface area contributed by atoms with E-state index in [0.29, 0.717) is 13.0 Å². The van der Waals surface area contributed by atoms with Gasteiger partial charge in [-0.25, -0.2) is 0 Å². The van der Waals surface area contributed by atoms with E-state index >= 15 is 0 Å². The van der Waals surface area contributed by atoms with Crippen LogP contribution in [0.1, 0.15) is 11.3 Å². The molecule has 8 nitrogen and oxygen atoms in total. The van der Waals surface area contributed by atoms with Gasteiger partial charge in [0.25, 0.3) is 0 Å². The molecule has 3 aromatic heterocycles. The number of rotatable bonds is 6. The molecular formula is C29H27N7O. The first-order valence-electron chi connectivity index (χ1n) is 12.5. The summed E-state index contributed by atoms with van der Waals surface area (Å²) in [4.78, 5) is 25.8. The molecule has 4 heterocycles. The second-order valence-electron chi connectivity index (χ2n) is 9.24. The van der Waals surface area contributed by atoms with Crippen LogP contribution in [0.2, 0.25) is 0 Å². The van der Waals surface area contributed by atoms with Crippen LogP contribution in [0, 0.1) is 0 Å². The first kappa shape index (κ1) is 23.0. The SMILES string of the molecule is O=C(CN1CCN(c2nnc(Cc3ccncc3)c3ccccc23)CC1)Nc1cccc2ncccc12. The molecule has 6 rings (SSSR count). The van der Waals surface area contributed by atoms with Crippen molar-refractivity contribution in [3.8, 4) is 0 Å². The van der Waals surface area contributed by atoms with Crippen LogP contribution in [0.3, 0.4) is 0 Å². The van der Waals surface area contributed by atoms with E-state index in [0.717, 1.165) is 70.6 Å². The summed E-state index contributed by atoms with van der Waals surface area (Å²) in [5.41, 5.74) is 3.79. The number of fused-ring (bicyclic) bond motifs is 2. The van der Waals surface area contributed by atoms with E-state index in [1.54, 1.807) is 18.6 Å². The maximum absolute atomic E-state index is 12.8. The molecule has 184 valence electrons. The van der Waals surface area contributed by atoms with Crippen LogP contribution in [-0.2, 0) is 11.2 Å². The predicted molar refractivity (Wildman–Crippen MR) is 146 cm³/mol. The van der Waals surface area contributed by atoms with Crippen LogP contribution >= 0.6 is 0 Å². The van der Waals surface area contributed by atoms with Crippen molar-refractivity contribution in [3.63, 3.8) is 0 Å². The molecule has 1 aliphatic heterocycles. The quantitative estimate of drug-likeness (QED) is 0.387. The zero-order valence-corrected chi connectivity index (χ0v) is 20.4. The first-order chi connectivity index (χ1) is 18.2. The molecule has 0 bridgehead atoms. The molecule has 1 saturated heterocycles. The van der Waals surface area contributed by atoms with Crippen LogP contribution < -0.4 is 10.2 Å². The Labute approximate surface area is 215 Å². The summed E-state index contributed by atoms with van der Waals surface area (Å²) in [5, 5.41) is 15.5. The third kappa shape index (κ3) is 4.96. The minimum atomic E-state index is -0.0180. The fraction of sp³-hybridized carbons (Fsp3) is 0.207. The monoisotopic (exact) mass is 489 g/mol. The number of hydrogen-bond acceptors (Lipinski definition) is 7. The lowest BCUT2D eigenvalue weighted by Gasteiger charge is -2.35. The molecule has 0 atom stereocenters. The average Bonchev–Trinajstić information content (AvgIpc) is 2.95. The van der Waals surface area contributed by atoms with E-state index in [9.17, 15) is 4.79 Å². The number of aromatic nitrogens is 4. The maximum atomic E-state index is 12.8. The largest absolute Gasteiger partial charge is 0.352 e. The highest BCUT2D eigenvalue weighted by atomic mass is 16.2. The van der Waals surface area contributed by atoms with Gasteiger partial charge in [-0.2, -0.15) is 5.10 Å². The minimum absolute atomic E-state index is 0.0180. The number of nitrogens with zero attached hydrogens (tertiary/aromatic N) is 6. The maximum Gasteiger partial charge on any atom is 0.238 e. The molecule has 5 aromatic rings. The summed E-state index contributed by atoms with van der Waals surface area (Å²) in [5.74, 6) is 0.886. The lowest BCUT2D eigenvalue weighted by atomic mass is 10.0. The van der Waals surface area contributed by atoms with Gasteiger partial charge in [-0.15, -0.1) is 5.10 Å². The summed E-state index contributed by atoms with van der Waals surface area (Å²) in [6.45, 7) is 3.47. The molecule has 0 spiro atoms. The second-order valence-corrected chi connectivity index (χ2v) is 9.24. The predicted octanol–water partition coefficient (Wildman–Crippen LogP) is 3.92. The molecular weight excluding hydrogens is 462 g/mol. The van der Waals surface area contributed by atoms with Gasteiger partial charge < -0.3 is 10.2 Å². The average molecular weight is 490 g/mol. The molecule has 8 heteroatoms. The van der Waals surface area contributed by atoms with Crippen molar-refractivity contribution in [3.05, 3.63) is 96.6 Å². The fourth-order valence-electron chi connectivity index (χ4n) is 4.93. The Bertz CT molecular complexity index is 1540. The van der Waals surface area contributed by atoms with Gasteiger partial charge in [0, 0.05) is 67.3 Å². The van der Waals surface area contributed by atoms with Crippen molar-refractivity contribution < 1.29 is 4.79 Å². The Kier molecular flexibility index (Phi) is 6.39. The van der Waals surface area contributed by atoms with Gasteiger partial charge in [0.05, 0.1) is 23.4 Å². The normalized spacial score (nSPS) is 14.2. The Morgan fingerprint density at radius 2 is 1.57 bits per heavy atom. The number of amides is 1. The Morgan fingerprint density at radius 3 is 2.41 bits per heavy atom. The number of pyridine rings is 2. The Balaban J connectivity index is 1.12. The lowest BCUT2D eigenvalue weighted by molar-refractivity contribution is -0.117. The third-order valence-corrected chi connectivity index (χ3v) is 6.82. The molecule has 1 N–H and O–H groups in total. The Morgan fingerprint density at radius 1 is 0.784 bits per heavy atom. The standard InChI is InChI=1S/C29H27N7O/c37-28(32-26-9-3-8-25-24(26)7-4-12-31-25)20-35-15-17-36(18-16-35)29-23-6-2-1-5-22(23)27(33-34-29)19-21-10-13-30-14-11-21/h1-14H,15-20H2,(H,32,37).